The first-order valence-corrected chi connectivity index (χ1v) is 10.8. The lowest BCUT2D eigenvalue weighted by molar-refractivity contribution is 0.0601. The van der Waals surface area contributed by atoms with Crippen LogP contribution < -0.4 is 0 Å². The molecule has 7 heteroatoms. The molecule has 2 amide bonds. The van der Waals surface area contributed by atoms with Crippen LogP contribution in [-0.2, 0) is 0 Å². The number of likely N-dealkylation sites (N-methyl/N-ethyl adjacent to an activating group) is 1. The molecule has 5 rings (SSSR count). The van der Waals surface area contributed by atoms with Gasteiger partial charge in [0.15, 0.2) is 0 Å². The molecule has 0 aliphatic carbocycles. The highest BCUT2D eigenvalue weighted by atomic mass is 35.5. The van der Waals surface area contributed by atoms with E-state index in [0.717, 1.165) is 31.6 Å². The van der Waals surface area contributed by atoms with Crippen molar-refractivity contribution >= 4 is 55.7 Å². The molecule has 0 unspecified atom stereocenters. The largest absolute Gasteiger partial charge is 0.308 e. The molecule has 30 heavy (non-hydrogen) atoms. The molecule has 0 saturated carbocycles. The van der Waals surface area contributed by atoms with Crippen LogP contribution in [0.15, 0.2) is 48.5 Å². The molecule has 3 aromatic carbocycles. The van der Waals surface area contributed by atoms with Gasteiger partial charge in [-0.1, -0.05) is 41.9 Å². The molecule has 2 heterocycles. The average molecular weight is 436 g/mol. The quantitative estimate of drug-likeness (QED) is 0.426. The van der Waals surface area contributed by atoms with E-state index >= 15 is 0 Å². The topological polar surface area (TPSA) is 53.5 Å². The molecule has 0 N–H and O–H groups in total. The Hall–Kier alpha value is -2.80. The maximum Gasteiger partial charge on any atom is 0.261 e. The Labute approximate surface area is 182 Å². The molecule has 0 saturated heterocycles. The van der Waals surface area contributed by atoms with Crippen LogP contribution in [0.2, 0.25) is 5.02 Å². The molecule has 0 bridgehead atoms. The van der Waals surface area contributed by atoms with Crippen molar-refractivity contribution in [3.63, 3.8) is 0 Å². The van der Waals surface area contributed by atoms with Crippen LogP contribution in [0.4, 0.5) is 0 Å². The number of hydrogen-bond acceptors (Lipinski definition) is 5. The Bertz CT molecular complexity index is 1350. The van der Waals surface area contributed by atoms with Crippen molar-refractivity contribution in [3.05, 3.63) is 64.7 Å². The molecule has 5 nitrogen and oxygen atoms in total. The summed E-state index contributed by atoms with van der Waals surface area (Å²) in [6.45, 7) is 0.957. The first-order valence-electron chi connectivity index (χ1n) is 9.58. The minimum absolute atomic E-state index is 0.241. The number of thiazole rings is 1. The Morgan fingerprint density at radius 3 is 2.50 bits per heavy atom. The summed E-state index contributed by atoms with van der Waals surface area (Å²) in [5.41, 5.74) is 2.69. The number of hydrogen-bond donors (Lipinski definition) is 0. The van der Waals surface area contributed by atoms with Crippen LogP contribution in [-0.4, -0.2) is 53.8 Å². The van der Waals surface area contributed by atoms with Crippen LogP contribution in [0.1, 0.15) is 20.7 Å². The van der Waals surface area contributed by atoms with Gasteiger partial charge >= 0.3 is 0 Å². The lowest BCUT2D eigenvalue weighted by Crippen LogP contribution is -2.43. The number of carbonyl (C=O) groups is 2. The molecular formula is C23H18ClN3O2S. The van der Waals surface area contributed by atoms with Crippen LogP contribution in [0.25, 0.3) is 31.6 Å². The predicted molar refractivity (Wildman–Crippen MR) is 121 cm³/mol. The number of benzene rings is 3. The van der Waals surface area contributed by atoms with Gasteiger partial charge in [0.1, 0.15) is 5.01 Å². The second-order valence-electron chi connectivity index (χ2n) is 7.56. The summed E-state index contributed by atoms with van der Waals surface area (Å²) in [6, 6.07) is 15.0. The maximum absolute atomic E-state index is 13.2. The number of halogens is 1. The normalized spacial score (nSPS) is 13.8. The highest BCUT2D eigenvalue weighted by molar-refractivity contribution is 7.22. The van der Waals surface area contributed by atoms with Gasteiger partial charge in [0, 0.05) is 35.0 Å². The van der Waals surface area contributed by atoms with Crippen LogP contribution >= 0.6 is 22.9 Å². The molecule has 1 aliphatic heterocycles. The number of rotatable bonds is 4. The van der Waals surface area contributed by atoms with Crippen molar-refractivity contribution in [3.8, 4) is 10.6 Å². The highest BCUT2D eigenvalue weighted by Gasteiger charge is 2.33. The smallest absolute Gasteiger partial charge is 0.261 e. The molecule has 150 valence electrons. The van der Waals surface area contributed by atoms with Crippen molar-refractivity contribution in [1.82, 2.24) is 14.8 Å². The molecule has 0 radical (unpaired) electrons. The van der Waals surface area contributed by atoms with Gasteiger partial charge in [-0.15, -0.1) is 11.3 Å². The molecular weight excluding hydrogens is 418 g/mol. The fraction of sp³-hybridized carbons (Fsp3) is 0.174. The van der Waals surface area contributed by atoms with Gasteiger partial charge in [-0.2, -0.15) is 0 Å². The molecule has 4 aromatic rings. The van der Waals surface area contributed by atoms with E-state index in [-0.39, 0.29) is 11.8 Å². The van der Waals surface area contributed by atoms with E-state index in [2.05, 4.69) is 0 Å². The standard InChI is InChI=1S/C23H18ClN3O2S/c1-26(2)10-11-27-22(28)15-8-5-7-14-19(15)16(23(27)29)12-18-20(14)30-21(25-18)13-6-3-4-9-17(13)24/h3-9,12H,10-11H2,1-2H3. The van der Waals surface area contributed by atoms with Gasteiger partial charge in [-0.05, 0) is 32.3 Å². The lowest BCUT2D eigenvalue weighted by atomic mass is 9.93. The fourth-order valence-electron chi connectivity index (χ4n) is 3.85. The SMILES string of the molecule is CN(C)CCN1C(=O)c2cccc3c2c(cc2nc(-c4ccccc4Cl)sc23)C1=O. The van der Waals surface area contributed by atoms with Crippen molar-refractivity contribution < 1.29 is 9.59 Å². The van der Waals surface area contributed by atoms with E-state index in [4.69, 9.17) is 16.6 Å². The minimum atomic E-state index is -0.264. The lowest BCUT2D eigenvalue weighted by Gasteiger charge is -2.28. The zero-order chi connectivity index (χ0) is 21.0. The minimum Gasteiger partial charge on any atom is -0.308 e. The second kappa shape index (κ2) is 7.16. The molecule has 0 fully saturated rings. The van der Waals surface area contributed by atoms with Crippen LogP contribution in [0.3, 0.4) is 0 Å². The number of aromatic nitrogens is 1. The summed E-state index contributed by atoms with van der Waals surface area (Å²) in [7, 11) is 3.84. The van der Waals surface area contributed by atoms with Crippen molar-refractivity contribution in [2.45, 2.75) is 0 Å². The number of nitrogens with zero attached hydrogens (tertiary/aromatic N) is 3. The average Bonchev–Trinajstić information content (AvgIpc) is 3.16. The zero-order valence-corrected chi connectivity index (χ0v) is 18.0. The summed E-state index contributed by atoms with van der Waals surface area (Å²) >= 11 is 7.90. The summed E-state index contributed by atoms with van der Waals surface area (Å²) in [6.07, 6.45) is 0. The summed E-state index contributed by atoms with van der Waals surface area (Å²) in [5, 5.41) is 3.02. The summed E-state index contributed by atoms with van der Waals surface area (Å²) in [5.74, 6) is -0.505. The number of amides is 2. The molecule has 1 aliphatic rings. The Kier molecular flexibility index (Phi) is 4.58. The van der Waals surface area contributed by atoms with Gasteiger partial charge in [-0.3, -0.25) is 14.5 Å². The van der Waals surface area contributed by atoms with Crippen molar-refractivity contribution in [2.75, 3.05) is 27.2 Å². The van der Waals surface area contributed by atoms with Crippen LogP contribution in [0.5, 0.6) is 0 Å². The van der Waals surface area contributed by atoms with E-state index in [0.29, 0.717) is 29.2 Å². The first kappa shape index (κ1) is 19.2. The predicted octanol–water partition coefficient (Wildman–Crippen LogP) is 4.93. The highest BCUT2D eigenvalue weighted by Crippen LogP contribution is 2.41. The van der Waals surface area contributed by atoms with E-state index in [1.165, 1.54) is 16.2 Å². The molecule has 0 atom stereocenters. The third kappa shape index (κ3) is 2.91. The number of fused-ring (bicyclic) bond motifs is 2. The monoisotopic (exact) mass is 435 g/mol. The molecule has 0 spiro atoms. The van der Waals surface area contributed by atoms with Gasteiger partial charge in [0.25, 0.3) is 11.8 Å². The van der Waals surface area contributed by atoms with Gasteiger partial charge in [0.2, 0.25) is 0 Å². The third-order valence-corrected chi connectivity index (χ3v) is 6.81. The zero-order valence-electron chi connectivity index (χ0n) is 16.5. The Morgan fingerprint density at radius 1 is 1.00 bits per heavy atom. The van der Waals surface area contributed by atoms with E-state index in [1.54, 1.807) is 6.07 Å². The van der Waals surface area contributed by atoms with Crippen molar-refractivity contribution in [2.24, 2.45) is 0 Å². The van der Waals surface area contributed by atoms with Gasteiger partial charge in [0.05, 0.1) is 20.8 Å². The van der Waals surface area contributed by atoms with Gasteiger partial charge < -0.3 is 4.90 Å². The second-order valence-corrected chi connectivity index (χ2v) is 8.97. The Balaban J connectivity index is 1.73. The maximum atomic E-state index is 13.2. The van der Waals surface area contributed by atoms with Crippen molar-refractivity contribution in [1.29, 1.82) is 0 Å². The van der Waals surface area contributed by atoms with Gasteiger partial charge in [-0.25, -0.2) is 4.98 Å². The summed E-state index contributed by atoms with van der Waals surface area (Å²) in [4.78, 5) is 34.4. The fourth-order valence-corrected chi connectivity index (χ4v) is 5.24. The van der Waals surface area contributed by atoms with E-state index < -0.39 is 0 Å². The Morgan fingerprint density at radius 2 is 1.73 bits per heavy atom. The van der Waals surface area contributed by atoms with E-state index in [1.807, 2.05) is 61.5 Å². The van der Waals surface area contributed by atoms with E-state index in [9.17, 15) is 9.59 Å². The van der Waals surface area contributed by atoms with Crippen LogP contribution in [0, 0.1) is 0 Å². The first-order chi connectivity index (χ1) is 14.5. The third-order valence-electron chi connectivity index (χ3n) is 5.34. The number of imide groups is 1. The number of carbonyl (C=O) groups excluding carboxylic acids is 2. The molecule has 1 aromatic heterocycles. The summed E-state index contributed by atoms with van der Waals surface area (Å²) < 4.78 is 0.952.